The molecule has 0 aromatic carbocycles. The average molecular weight is 279 g/mol. The highest BCUT2D eigenvalue weighted by atomic mass is 35.6. The van der Waals surface area contributed by atoms with E-state index in [0.717, 1.165) is 0 Å². The maximum absolute atomic E-state index is 11.2. The van der Waals surface area contributed by atoms with Crippen molar-refractivity contribution in [2.45, 2.75) is 34.6 Å². The highest BCUT2D eigenvalue weighted by Gasteiger charge is 2.43. The number of aliphatic hydroxyl groups is 3. The minimum atomic E-state index is -2.13. The van der Waals surface area contributed by atoms with Crippen molar-refractivity contribution < 1.29 is 20.1 Å². The van der Waals surface area contributed by atoms with Crippen molar-refractivity contribution in [1.82, 2.24) is 5.32 Å². The molecule has 1 aliphatic rings. The summed E-state index contributed by atoms with van der Waals surface area (Å²) in [7, 11) is 0. The van der Waals surface area contributed by atoms with Gasteiger partial charge in [0.1, 0.15) is 12.2 Å². The fraction of sp³-hybridized carbons (Fsp3) is 0.857. The highest BCUT2D eigenvalue weighted by molar-refractivity contribution is 6.76. The summed E-state index contributed by atoms with van der Waals surface area (Å²) < 4.78 is -2.13. The number of amides is 1. The number of nitrogens with one attached hydrogen (secondary N) is 1. The lowest BCUT2D eigenvalue weighted by Gasteiger charge is -2.20. The molecule has 1 aliphatic carbocycles. The molecule has 15 heavy (non-hydrogen) atoms. The molecule has 0 heterocycles. The number of alkyl halides is 3. The summed E-state index contributed by atoms with van der Waals surface area (Å²) in [5.41, 5.74) is 0. The van der Waals surface area contributed by atoms with Crippen LogP contribution < -0.4 is 5.32 Å². The zero-order valence-electron chi connectivity index (χ0n) is 7.40. The Labute approximate surface area is 101 Å². The van der Waals surface area contributed by atoms with Crippen LogP contribution in [0.5, 0.6) is 0 Å². The Balaban J connectivity index is 2.58. The number of hydrogen-bond acceptors (Lipinski definition) is 4. The lowest BCUT2D eigenvalue weighted by atomic mass is 10.2. The van der Waals surface area contributed by atoms with E-state index in [1.165, 1.54) is 0 Å². The van der Waals surface area contributed by atoms with E-state index < -0.39 is 34.1 Å². The molecular weight excluding hydrogens is 268 g/mol. The molecule has 5 nitrogen and oxygen atoms in total. The minimum absolute atomic E-state index is 0.00875. The summed E-state index contributed by atoms with van der Waals surface area (Å²) in [6.07, 6.45) is -3.66. The van der Waals surface area contributed by atoms with Gasteiger partial charge in [-0.2, -0.15) is 0 Å². The molecule has 0 unspecified atom stereocenters. The average Bonchev–Trinajstić information content (AvgIpc) is 2.32. The quantitative estimate of drug-likeness (QED) is 0.479. The monoisotopic (exact) mass is 277 g/mol. The summed E-state index contributed by atoms with van der Waals surface area (Å²) >= 11 is 15.9. The Morgan fingerprint density at radius 1 is 1.20 bits per heavy atom. The van der Waals surface area contributed by atoms with E-state index in [2.05, 4.69) is 5.32 Å². The molecule has 0 saturated heterocycles. The second-order valence-electron chi connectivity index (χ2n) is 3.36. The molecule has 1 saturated carbocycles. The van der Waals surface area contributed by atoms with E-state index in [9.17, 15) is 20.1 Å². The third-order valence-corrected chi connectivity index (χ3v) is 2.74. The van der Waals surface area contributed by atoms with Crippen molar-refractivity contribution >= 4 is 40.7 Å². The fourth-order valence-corrected chi connectivity index (χ4v) is 1.56. The van der Waals surface area contributed by atoms with Gasteiger partial charge in [-0.05, 0) is 6.42 Å². The topological polar surface area (TPSA) is 89.8 Å². The smallest absolute Gasteiger partial charge is 0.272 e. The summed E-state index contributed by atoms with van der Waals surface area (Å²) in [5.74, 6) is -0.905. The van der Waals surface area contributed by atoms with E-state index in [1.54, 1.807) is 0 Å². The van der Waals surface area contributed by atoms with Crippen LogP contribution in [0.15, 0.2) is 0 Å². The van der Waals surface area contributed by atoms with Gasteiger partial charge in [0, 0.05) is 0 Å². The molecule has 0 aromatic rings. The van der Waals surface area contributed by atoms with E-state index in [4.69, 9.17) is 34.8 Å². The molecular formula is C7H10Cl3NO4. The molecule has 88 valence electrons. The Hall–Kier alpha value is 0.220. The van der Waals surface area contributed by atoms with Gasteiger partial charge in [0.15, 0.2) is 0 Å². The summed E-state index contributed by atoms with van der Waals surface area (Å²) in [6, 6.07) is -0.821. The number of aliphatic hydroxyl groups excluding tert-OH is 3. The lowest BCUT2D eigenvalue weighted by Crippen LogP contribution is -2.47. The van der Waals surface area contributed by atoms with Gasteiger partial charge in [0.05, 0.1) is 12.1 Å². The Morgan fingerprint density at radius 3 is 2.07 bits per heavy atom. The standard InChI is InChI=1S/C7H10Cl3NO4/c8-7(9,10)6(15)11-2-1-3(12)5(14)4(2)13/h2-5,12-14H,1H2,(H,11,15)/t2-,3+,4+,5-/m1/s1. The number of hydrogen-bond donors (Lipinski definition) is 4. The van der Waals surface area contributed by atoms with Crippen molar-refractivity contribution in [3.63, 3.8) is 0 Å². The lowest BCUT2D eigenvalue weighted by molar-refractivity contribution is -0.121. The zero-order chi connectivity index (χ0) is 11.8. The maximum Gasteiger partial charge on any atom is 0.272 e. The van der Waals surface area contributed by atoms with Gasteiger partial charge in [-0.15, -0.1) is 0 Å². The Kier molecular flexibility index (Phi) is 4.08. The Bertz CT molecular complexity index is 257. The van der Waals surface area contributed by atoms with Crippen LogP contribution in [0.4, 0.5) is 0 Å². The molecule has 0 aromatic heterocycles. The zero-order valence-corrected chi connectivity index (χ0v) is 9.67. The predicted molar refractivity (Wildman–Crippen MR) is 54.9 cm³/mol. The van der Waals surface area contributed by atoms with Crippen molar-refractivity contribution in [1.29, 1.82) is 0 Å². The summed E-state index contributed by atoms with van der Waals surface area (Å²) in [4.78, 5) is 11.2. The molecule has 8 heteroatoms. The van der Waals surface area contributed by atoms with Gasteiger partial charge < -0.3 is 20.6 Å². The van der Waals surface area contributed by atoms with Crippen LogP contribution in [0, 0.1) is 0 Å². The SMILES string of the molecule is O=C(N[C@@H]1C[C@H](O)[C@@H](O)[C@H]1O)C(Cl)(Cl)Cl. The van der Waals surface area contributed by atoms with Gasteiger partial charge in [-0.1, -0.05) is 34.8 Å². The normalized spacial score (nSPS) is 36.7. The third kappa shape index (κ3) is 3.09. The molecule has 1 amide bonds. The van der Waals surface area contributed by atoms with Crippen LogP contribution in [0.1, 0.15) is 6.42 Å². The van der Waals surface area contributed by atoms with Gasteiger partial charge in [0.25, 0.3) is 9.70 Å². The first-order chi connectivity index (χ1) is 6.73. The van der Waals surface area contributed by atoms with E-state index in [0.29, 0.717) is 0 Å². The van der Waals surface area contributed by atoms with Crippen LogP contribution in [0.25, 0.3) is 0 Å². The molecule has 0 aliphatic heterocycles. The second-order valence-corrected chi connectivity index (χ2v) is 5.64. The van der Waals surface area contributed by atoms with E-state index >= 15 is 0 Å². The number of halogens is 3. The van der Waals surface area contributed by atoms with Gasteiger partial charge >= 0.3 is 0 Å². The molecule has 0 bridgehead atoms. The molecule has 4 N–H and O–H groups in total. The predicted octanol–water partition coefficient (Wildman–Crippen LogP) is -0.672. The molecule has 0 radical (unpaired) electrons. The summed E-state index contributed by atoms with van der Waals surface area (Å²) in [5, 5.41) is 30.0. The Morgan fingerprint density at radius 2 is 1.73 bits per heavy atom. The first kappa shape index (κ1) is 13.3. The van der Waals surface area contributed by atoms with E-state index in [-0.39, 0.29) is 6.42 Å². The number of rotatable bonds is 1. The largest absolute Gasteiger partial charge is 0.390 e. The van der Waals surface area contributed by atoms with Crippen LogP contribution >= 0.6 is 34.8 Å². The van der Waals surface area contributed by atoms with Crippen LogP contribution in [0.2, 0.25) is 0 Å². The second kappa shape index (κ2) is 4.61. The van der Waals surface area contributed by atoms with Crippen LogP contribution in [-0.4, -0.2) is 49.4 Å². The van der Waals surface area contributed by atoms with Crippen LogP contribution in [-0.2, 0) is 4.79 Å². The number of carbonyl (C=O) groups is 1. The van der Waals surface area contributed by atoms with Gasteiger partial charge in [0.2, 0.25) is 0 Å². The highest BCUT2D eigenvalue weighted by Crippen LogP contribution is 2.28. The maximum atomic E-state index is 11.2. The minimum Gasteiger partial charge on any atom is -0.390 e. The third-order valence-electron chi connectivity index (χ3n) is 2.23. The van der Waals surface area contributed by atoms with Crippen LogP contribution in [0.3, 0.4) is 0 Å². The summed E-state index contributed by atoms with van der Waals surface area (Å²) in [6.45, 7) is 0. The first-order valence-corrected chi connectivity index (χ1v) is 5.28. The van der Waals surface area contributed by atoms with Crippen molar-refractivity contribution in [2.24, 2.45) is 0 Å². The van der Waals surface area contributed by atoms with Gasteiger partial charge in [-0.25, -0.2) is 0 Å². The van der Waals surface area contributed by atoms with Crippen molar-refractivity contribution in [3.05, 3.63) is 0 Å². The molecule has 4 atom stereocenters. The van der Waals surface area contributed by atoms with Crippen molar-refractivity contribution in [3.8, 4) is 0 Å². The number of carbonyl (C=O) groups excluding carboxylic acids is 1. The van der Waals surface area contributed by atoms with Crippen molar-refractivity contribution in [2.75, 3.05) is 0 Å². The molecule has 1 rings (SSSR count). The molecule has 1 fully saturated rings. The van der Waals surface area contributed by atoms with Gasteiger partial charge in [-0.3, -0.25) is 4.79 Å². The first-order valence-electron chi connectivity index (χ1n) is 4.15. The van der Waals surface area contributed by atoms with E-state index in [1.807, 2.05) is 0 Å². The molecule has 0 spiro atoms. The fourth-order valence-electron chi connectivity index (χ4n) is 1.40.